The Kier molecular flexibility index (Phi) is 6.20. The fraction of sp³-hybridized carbons (Fsp3) is 0.609. The molecule has 2 aliphatic heterocycles. The number of carbonyl (C=O) groups is 1. The highest BCUT2D eigenvalue weighted by molar-refractivity contribution is 5.78. The minimum absolute atomic E-state index is 0.136. The zero-order chi connectivity index (χ0) is 21.1. The molecule has 162 valence electrons. The van der Waals surface area contributed by atoms with E-state index in [2.05, 4.69) is 16.8 Å². The second-order valence-electron chi connectivity index (χ2n) is 8.83. The van der Waals surface area contributed by atoms with E-state index in [4.69, 9.17) is 0 Å². The van der Waals surface area contributed by atoms with E-state index in [1.165, 1.54) is 23.7 Å². The molecule has 1 aromatic heterocycles. The van der Waals surface area contributed by atoms with Crippen LogP contribution < -0.4 is 5.56 Å². The van der Waals surface area contributed by atoms with Crippen LogP contribution >= 0.6 is 0 Å². The van der Waals surface area contributed by atoms with Gasteiger partial charge in [0.2, 0.25) is 5.91 Å². The van der Waals surface area contributed by atoms with Crippen molar-refractivity contribution in [3.05, 3.63) is 40.9 Å². The van der Waals surface area contributed by atoms with Gasteiger partial charge in [0.25, 0.3) is 5.56 Å². The van der Waals surface area contributed by atoms with E-state index in [1.807, 2.05) is 23.1 Å². The normalized spacial score (nSPS) is 22.3. The molecule has 1 N–H and O–H groups in total. The largest absolute Gasteiger partial charge is 0.388 e. The van der Waals surface area contributed by atoms with Gasteiger partial charge in [0, 0.05) is 19.1 Å². The van der Waals surface area contributed by atoms with Gasteiger partial charge in [-0.3, -0.25) is 19.1 Å². The van der Waals surface area contributed by atoms with Crippen LogP contribution in [0.2, 0.25) is 0 Å². The number of hydrogen-bond acceptors (Lipinski definition) is 5. The summed E-state index contributed by atoms with van der Waals surface area (Å²) in [4.78, 5) is 34.1. The van der Waals surface area contributed by atoms with E-state index >= 15 is 0 Å². The Hall–Kier alpha value is -2.25. The predicted molar refractivity (Wildman–Crippen MR) is 116 cm³/mol. The van der Waals surface area contributed by atoms with Crippen LogP contribution in [0.25, 0.3) is 10.9 Å². The topological polar surface area (TPSA) is 78.7 Å². The summed E-state index contributed by atoms with van der Waals surface area (Å²) < 4.78 is 1.50. The number of benzene rings is 1. The molecule has 1 unspecified atom stereocenters. The molecule has 1 aromatic carbocycles. The Morgan fingerprint density at radius 1 is 1.20 bits per heavy atom. The molecule has 1 atom stereocenters. The molecule has 7 heteroatoms. The van der Waals surface area contributed by atoms with E-state index < -0.39 is 5.60 Å². The minimum atomic E-state index is -0.998. The van der Waals surface area contributed by atoms with Gasteiger partial charge in [0.15, 0.2) is 0 Å². The van der Waals surface area contributed by atoms with E-state index in [-0.39, 0.29) is 18.0 Å². The number of fused-ring (bicyclic) bond motifs is 1. The van der Waals surface area contributed by atoms with Gasteiger partial charge in [-0.2, -0.15) is 0 Å². The van der Waals surface area contributed by atoms with Crippen molar-refractivity contribution in [1.29, 1.82) is 0 Å². The highest BCUT2D eigenvalue weighted by atomic mass is 16.3. The van der Waals surface area contributed by atoms with Crippen LogP contribution in [0.5, 0.6) is 0 Å². The van der Waals surface area contributed by atoms with Gasteiger partial charge >= 0.3 is 0 Å². The van der Waals surface area contributed by atoms with E-state index in [1.54, 1.807) is 6.07 Å². The number of nitrogens with zero attached hydrogens (tertiary/aromatic N) is 4. The Balaban J connectivity index is 1.37. The van der Waals surface area contributed by atoms with Crippen LogP contribution in [0.4, 0.5) is 0 Å². The Bertz CT molecular complexity index is 949. The number of piperidine rings is 2. The molecule has 0 radical (unpaired) electrons. The second kappa shape index (κ2) is 8.86. The molecule has 7 nitrogen and oxygen atoms in total. The molecule has 1 amide bonds. The first kappa shape index (κ1) is 21.0. The average molecular weight is 413 g/mol. The molecule has 2 fully saturated rings. The van der Waals surface area contributed by atoms with Gasteiger partial charge in [0.1, 0.15) is 0 Å². The molecule has 0 saturated carbocycles. The number of amides is 1. The fourth-order valence-corrected chi connectivity index (χ4v) is 4.87. The van der Waals surface area contributed by atoms with Gasteiger partial charge in [-0.25, -0.2) is 4.98 Å². The maximum atomic E-state index is 12.8. The summed E-state index contributed by atoms with van der Waals surface area (Å²) in [6.45, 7) is 4.92. The van der Waals surface area contributed by atoms with Gasteiger partial charge in [-0.1, -0.05) is 25.5 Å². The van der Waals surface area contributed by atoms with E-state index in [0.717, 1.165) is 19.4 Å². The number of para-hydroxylation sites is 1. The molecular weight excluding hydrogens is 380 g/mol. The smallest absolute Gasteiger partial charge is 0.261 e. The van der Waals surface area contributed by atoms with Gasteiger partial charge in [-0.15, -0.1) is 0 Å². The van der Waals surface area contributed by atoms with Crippen LogP contribution in [-0.4, -0.2) is 68.2 Å². The first-order chi connectivity index (χ1) is 14.5. The van der Waals surface area contributed by atoms with Gasteiger partial charge < -0.3 is 10.0 Å². The van der Waals surface area contributed by atoms with Crippen molar-refractivity contribution in [1.82, 2.24) is 19.4 Å². The lowest BCUT2D eigenvalue weighted by Gasteiger charge is -2.40. The van der Waals surface area contributed by atoms with Crippen LogP contribution in [0.3, 0.4) is 0 Å². The standard InChI is InChI=1S/C23H32N4O3/c1-2-18-7-5-6-12-26(18)15-21(28)25-13-10-23(30,11-14-25)16-27-17-24-20-9-4-3-8-19(20)22(27)29/h3-4,8-9,17-18,30H,2,5-7,10-16H2,1H3. The monoisotopic (exact) mass is 412 g/mol. The van der Waals surface area contributed by atoms with Crippen molar-refractivity contribution < 1.29 is 9.90 Å². The summed E-state index contributed by atoms with van der Waals surface area (Å²) in [6.07, 6.45) is 7.13. The number of aliphatic hydroxyl groups is 1. The molecule has 4 rings (SSSR count). The van der Waals surface area contributed by atoms with Crippen LogP contribution in [0.1, 0.15) is 45.4 Å². The number of carbonyl (C=O) groups excluding carboxylic acids is 1. The number of aromatic nitrogens is 2. The second-order valence-corrected chi connectivity index (χ2v) is 8.83. The SMILES string of the molecule is CCC1CCCCN1CC(=O)N1CCC(O)(Cn2cnc3ccccc3c2=O)CC1. The van der Waals surface area contributed by atoms with Crippen LogP contribution in [0.15, 0.2) is 35.4 Å². The zero-order valence-corrected chi connectivity index (χ0v) is 17.8. The summed E-state index contributed by atoms with van der Waals surface area (Å²) in [5.41, 5.74) is -0.473. The highest BCUT2D eigenvalue weighted by Crippen LogP contribution is 2.25. The summed E-state index contributed by atoms with van der Waals surface area (Å²) in [6, 6.07) is 7.75. The maximum absolute atomic E-state index is 12.8. The zero-order valence-electron chi connectivity index (χ0n) is 17.8. The number of hydrogen-bond donors (Lipinski definition) is 1. The quantitative estimate of drug-likeness (QED) is 0.813. The van der Waals surface area contributed by atoms with Gasteiger partial charge in [0.05, 0.1) is 35.9 Å². The lowest BCUT2D eigenvalue weighted by atomic mass is 9.91. The minimum Gasteiger partial charge on any atom is -0.388 e. The van der Waals surface area contributed by atoms with Crippen LogP contribution in [-0.2, 0) is 11.3 Å². The third-order valence-corrected chi connectivity index (χ3v) is 6.80. The Labute approximate surface area is 177 Å². The van der Waals surface area contributed by atoms with E-state index in [9.17, 15) is 14.7 Å². The molecule has 2 aromatic rings. The third-order valence-electron chi connectivity index (χ3n) is 6.80. The van der Waals surface area contributed by atoms with Crippen molar-refractivity contribution in [3.8, 4) is 0 Å². The molecular formula is C23H32N4O3. The third kappa shape index (κ3) is 4.42. The average Bonchev–Trinajstić information content (AvgIpc) is 2.76. The Morgan fingerprint density at radius 2 is 1.97 bits per heavy atom. The summed E-state index contributed by atoms with van der Waals surface area (Å²) in [7, 11) is 0. The van der Waals surface area contributed by atoms with Crippen molar-refractivity contribution in [2.24, 2.45) is 0 Å². The summed E-state index contributed by atoms with van der Waals surface area (Å²) >= 11 is 0. The van der Waals surface area contributed by atoms with E-state index in [0.29, 0.717) is 49.4 Å². The first-order valence-electron chi connectivity index (χ1n) is 11.2. The molecule has 3 heterocycles. The molecule has 0 aliphatic carbocycles. The lowest BCUT2D eigenvalue weighted by Crippen LogP contribution is -2.52. The molecule has 0 spiro atoms. The van der Waals surface area contributed by atoms with Crippen molar-refractivity contribution in [3.63, 3.8) is 0 Å². The first-order valence-corrected chi connectivity index (χ1v) is 11.2. The van der Waals surface area contributed by atoms with Crippen molar-refractivity contribution in [2.75, 3.05) is 26.2 Å². The molecule has 2 saturated heterocycles. The Morgan fingerprint density at radius 3 is 2.73 bits per heavy atom. The lowest BCUT2D eigenvalue weighted by molar-refractivity contribution is -0.138. The van der Waals surface area contributed by atoms with Crippen LogP contribution in [0, 0.1) is 0 Å². The molecule has 2 aliphatic rings. The highest BCUT2D eigenvalue weighted by Gasteiger charge is 2.35. The number of rotatable bonds is 5. The van der Waals surface area contributed by atoms with Gasteiger partial charge in [-0.05, 0) is 50.8 Å². The summed E-state index contributed by atoms with van der Waals surface area (Å²) in [5, 5.41) is 11.6. The molecule has 30 heavy (non-hydrogen) atoms. The number of likely N-dealkylation sites (tertiary alicyclic amines) is 2. The maximum Gasteiger partial charge on any atom is 0.261 e. The fourth-order valence-electron chi connectivity index (χ4n) is 4.87. The summed E-state index contributed by atoms with van der Waals surface area (Å²) in [5.74, 6) is 0.155. The molecule has 0 bridgehead atoms. The van der Waals surface area contributed by atoms with Crippen molar-refractivity contribution >= 4 is 16.8 Å². The van der Waals surface area contributed by atoms with Crippen molar-refractivity contribution in [2.45, 2.75) is 63.6 Å². The predicted octanol–water partition coefficient (Wildman–Crippen LogP) is 2.01.